The van der Waals surface area contributed by atoms with Gasteiger partial charge in [-0.2, -0.15) is 0 Å². The summed E-state index contributed by atoms with van der Waals surface area (Å²) < 4.78 is 11.8. The lowest BCUT2D eigenvalue weighted by Crippen LogP contribution is -2.25. The molecule has 128 valence electrons. The van der Waals surface area contributed by atoms with E-state index < -0.39 is 16.6 Å². The maximum atomic E-state index is 5.93. The minimum Gasteiger partial charge on any atom is -0.547 e. The van der Waals surface area contributed by atoms with E-state index >= 15 is 0 Å². The lowest BCUT2D eigenvalue weighted by Gasteiger charge is -2.22. The first-order valence-corrected chi connectivity index (χ1v) is 15.6. The SMILES string of the molecule is CC1=C(O[Si](C)(C)C)CCC1.CC1CCC=C1O[Si](C)(C)C. The van der Waals surface area contributed by atoms with Gasteiger partial charge >= 0.3 is 0 Å². The molecule has 0 saturated carbocycles. The van der Waals surface area contributed by atoms with E-state index in [4.69, 9.17) is 8.85 Å². The van der Waals surface area contributed by atoms with Gasteiger partial charge in [-0.25, -0.2) is 0 Å². The van der Waals surface area contributed by atoms with E-state index in [1.165, 1.54) is 49.2 Å². The molecule has 1 unspecified atom stereocenters. The fourth-order valence-electron chi connectivity index (χ4n) is 2.69. The molecule has 1 atom stereocenters. The number of rotatable bonds is 4. The molecule has 0 aromatic heterocycles. The molecule has 22 heavy (non-hydrogen) atoms. The minimum atomic E-state index is -1.33. The topological polar surface area (TPSA) is 18.5 Å². The number of hydrogen-bond acceptors (Lipinski definition) is 2. The predicted molar refractivity (Wildman–Crippen MR) is 102 cm³/mol. The van der Waals surface area contributed by atoms with Crippen LogP contribution < -0.4 is 0 Å². The summed E-state index contributed by atoms with van der Waals surface area (Å²) in [7, 11) is -2.65. The van der Waals surface area contributed by atoms with Crippen LogP contribution in [0, 0.1) is 5.92 Å². The zero-order valence-electron chi connectivity index (χ0n) is 16.0. The second-order valence-corrected chi connectivity index (χ2v) is 17.4. The molecule has 0 spiro atoms. The predicted octanol–water partition coefficient (Wildman–Crippen LogP) is 6.45. The van der Waals surface area contributed by atoms with Crippen LogP contribution in [0.1, 0.15) is 46.0 Å². The van der Waals surface area contributed by atoms with Gasteiger partial charge in [0.15, 0.2) is 0 Å². The van der Waals surface area contributed by atoms with Crippen LogP contribution in [0.2, 0.25) is 39.3 Å². The van der Waals surface area contributed by atoms with Crippen molar-refractivity contribution in [3.8, 4) is 0 Å². The number of allylic oxidation sites excluding steroid dienone is 4. The van der Waals surface area contributed by atoms with E-state index in [2.05, 4.69) is 59.2 Å². The smallest absolute Gasteiger partial charge is 0.241 e. The largest absolute Gasteiger partial charge is 0.547 e. The van der Waals surface area contributed by atoms with Crippen molar-refractivity contribution in [2.24, 2.45) is 5.92 Å². The first kappa shape index (κ1) is 19.6. The van der Waals surface area contributed by atoms with Gasteiger partial charge in [0.05, 0.1) is 11.5 Å². The molecule has 2 aliphatic rings. The van der Waals surface area contributed by atoms with Gasteiger partial charge in [-0.1, -0.05) is 6.92 Å². The number of hydrogen-bond donors (Lipinski definition) is 0. The molecular weight excluding hydrogens is 304 g/mol. The van der Waals surface area contributed by atoms with Gasteiger partial charge in [0, 0.05) is 12.3 Å². The van der Waals surface area contributed by atoms with E-state index in [0.717, 1.165) is 0 Å². The lowest BCUT2D eigenvalue weighted by molar-refractivity contribution is 0.362. The zero-order chi connectivity index (χ0) is 17.0. The average Bonchev–Trinajstić information content (AvgIpc) is 2.87. The van der Waals surface area contributed by atoms with Crippen LogP contribution in [0.5, 0.6) is 0 Å². The second-order valence-electron chi connectivity index (χ2n) is 8.57. The molecule has 0 aromatic carbocycles. The lowest BCUT2D eigenvalue weighted by atomic mass is 10.1. The summed E-state index contributed by atoms with van der Waals surface area (Å²) in [5.41, 5.74) is 1.48. The van der Waals surface area contributed by atoms with Gasteiger partial charge in [0.1, 0.15) is 0 Å². The molecule has 0 fully saturated rings. The average molecular weight is 341 g/mol. The van der Waals surface area contributed by atoms with Crippen molar-refractivity contribution in [1.29, 1.82) is 0 Å². The third kappa shape index (κ3) is 7.68. The van der Waals surface area contributed by atoms with Crippen molar-refractivity contribution in [3.05, 3.63) is 23.2 Å². The first-order chi connectivity index (χ1) is 9.98. The Labute approximate surface area is 140 Å². The summed E-state index contributed by atoms with van der Waals surface area (Å²) >= 11 is 0. The molecule has 2 nitrogen and oxygen atoms in total. The summed E-state index contributed by atoms with van der Waals surface area (Å²) in [5, 5.41) is 0. The molecule has 0 aliphatic heterocycles. The monoisotopic (exact) mass is 340 g/mol. The third-order valence-corrected chi connectivity index (χ3v) is 5.42. The Morgan fingerprint density at radius 1 is 0.955 bits per heavy atom. The Morgan fingerprint density at radius 2 is 1.55 bits per heavy atom. The highest BCUT2D eigenvalue weighted by Gasteiger charge is 2.23. The highest BCUT2D eigenvalue weighted by Crippen LogP contribution is 2.29. The Morgan fingerprint density at radius 3 is 1.91 bits per heavy atom. The molecule has 0 amide bonds. The van der Waals surface area contributed by atoms with Crippen LogP contribution in [-0.4, -0.2) is 16.6 Å². The fourth-order valence-corrected chi connectivity index (χ4v) is 4.70. The molecule has 0 bridgehead atoms. The fraction of sp³-hybridized carbons (Fsp3) is 0.778. The van der Waals surface area contributed by atoms with E-state index in [0.29, 0.717) is 5.92 Å². The Balaban J connectivity index is 0.000000220. The van der Waals surface area contributed by atoms with Crippen LogP contribution in [0.25, 0.3) is 0 Å². The van der Waals surface area contributed by atoms with Crippen molar-refractivity contribution in [2.75, 3.05) is 0 Å². The van der Waals surface area contributed by atoms with Crippen LogP contribution in [-0.2, 0) is 8.85 Å². The maximum Gasteiger partial charge on any atom is 0.241 e. The molecule has 0 heterocycles. The quantitative estimate of drug-likeness (QED) is 0.548. The van der Waals surface area contributed by atoms with Gasteiger partial charge < -0.3 is 8.85 Å². The molecule has 0 saturated heterocycles. The zero-order valence-corrected chi connectivity index (χ0v) is 18.0. The summed E-state index contributed by atoms with van der Waals surface area (Å²) in [6.07, 6.45) is 8.46. The van der Waals surface area contributed by atoms with Gasteiger partial charge in [0.25, 0.3) is 0 Å². The molecule has 0 N–H and O–H groups in total. The van der Waals surface area contributed by atoms with Gasteiger partial charge in [-0.3, -0.25) is 0 Å². The summed E-state index contributed by atoms with van der Waals surface area (Å²) in [6.45, 7) is 17.9. The molecular formula is C18H36O2Si2. The summed E-state index contributed by atoms with van der Waals surface area (Å²) in [5.74, 6) is 3.22. The van der Waals surface area contributed by atoms with E-state index in [-0.39, 0.29) is 0 Å². The Hall–Kier alpha value is -0.486. The van der Waals surface area contributed by atoms with Crippen molar-refractivity contribution >= 4 is 16.6 Å². The van der Waals surface area contributed by atoms with Gasteiger partial charge in [0.2, 0.25) is 16.6 Å². The molecule has 2 aliphatic carbocycles. The summed E-state index contributed by atoms with van der Waals surface area (Å²) in [4.78, 5) is 0. The van der Waals surface area contributed by atoms with Crippen LogP contribution >= 0.6 is 0 Å². The molecule has 0 radical (unpaired) electrons. The van der Waals surface area contributed by atoms with Crippen LogP contribution in [0.15, 0.2) is 23.2 Å². The minimum absolute atomic E-state index is 0.668. The molecule has 0 aromatic rings. The van der Waals surface area contributed by atoms with Crippen molar-refractivity contribution in [2.45, 2.75) is 85.2 Å². The third-order valence-electron chi connectivity index (χ3n) is 3.72. The van der Waals surface area contributed by atoms with Crippen molar-refractivity contribution < 1.29 is 8.85 Å². The maximum absolute atomic E-state index is 5.93. The van der Waals surface area contributed by atoms with Crippen molar-refractivity contribution in [1.82, 2.24) is 0 Å². The van der Waals surface area contributed by atoms with Gasteiger partial charge in [-0.15, -0.1) is 0 Å². The van der Waals surface area contributed by atoms with Gasteiger partial charge in [-0.05, 0) is 83.5 Å². The Kier molecular flexibility index (Phi) is 6.99. The second kappa shape index (κ2) is 7.87. The Bertz CT molecular complexity index is 425. The van der Waals surface area contributed by atoms with Crippen LogP contribution in [0.3, 0.4) is 0 Å². The standard InChI is InChI=1S/2C9H18OSi/c2*1-8-6-5-7-9(8)10-11(2,3)4/h5-7H2,1-4H3;7-8H,5-6H2,1-4H3. The van der Waals surface area contributed by atoms with E-state index in [1.807, 2.05) is 0 Å². The van der Waals surface area contributed by atoms with E-state index in [9.17, 15) is 0 Å². The van der Waals surface area contributed by atoms with Crippen molar-refractivity contribution in [3.63, 3.8) is 0 Å². The van der Waals surface area contributed by atoms with Crippen LogP contribution in [0.4, 0.5) is 0 Å². The highest BCUT2D eigenvalue weighted by molar-refractivity contribution is 6.70. The first-order valence-electron chi connectivity index (χ1n) is 8.74. The highest BCUT2D eigenvalue weighted by atomic mass is 28.4. The normalized spacial score (nSPS) is 22.2. The van der Waals surface area contributed by atoms with E-state index in [1.54, 1.807) is 0 Å². The summed E-state index contributed by atoms with van der Waals surface area (Å²) in [6, 6.07) is 0. The molecule has 4 heteroatoms. The molecule has 2 rings (SSSR count).